The van der Waals surface area contributed by atoms with Gasteiger partial charge in [-0.3, -0.25) is 9.69 Å². The first-order chi connectivity index (χ1) is 15.2. The van der Waals surface area contributed by atoms with Gasteiger partial charge in [-0.25, -0.2) is 0 Å². The van der Waals surface area contributed by atoms with Gasteiger partial charge in [0.15, 0.2) is 0 Å². The van der Waals surface area contributed by atoms with Gasteiger partial charge in [0.25, 0.3) is 5.91 Å². The van der Waals surface area contributed by atoms with Crippen molar-refractivity contribution in [3.63, 3.8) is 0 Å². The van der Waals surface area contributed by atoms with Crippen LogP contribution in [0, 0.1) is 0 Å². The van der Waals surface area contributed by atoms with E-state index in [-0.39, 0.29) is 18.0 Å². The van der Waals surface area contributed by atoms with Gasteiger partial charge in [0.1, 0.15) is 5.75 Å². The van der Waals surface area contributed by atoms with Gasteiger partial charge in [0.2, 0.25) is 0 Å². The van der Waals surface area contributed by atoms with E-state index < -0.39 is 0 Å². The second-order valence-electron chi connectivity index (χ2n) is 7.81. The highest BCUT2D eigenvalue weighted by Crippen LogP contribution is 2.30. The first kappa shape index (κ1) is 21.4. The minimum Gasteiger partial charge on any atom is -0.497 e. The SMILES string of the molecule is COc1ccc(C(=O)NC(C)C(c2cccs2)N2CCN(c3ccccc3)CC2)cc1. The van der Waals surface area contributed by atoms with Crippen LogP contribution < -0.4 is 15.0 Å². The third-order valence-corrected chi connectivity index (χ3v) is 6.79. The predicted molar refractivity (Wildman–Crippen MR) is 127 cm³/mol. The van der Waals surface area contributed by atoms with Crippen molar-refractivity contribution in [1.29, 1.82) is 0 Å². The molecule has 5 nitrogen and oxygen atoms in total. The summed E-state index contributed by atoms with van der Waals surface area (Å²) in [6.07, 6.45) is 0. The van der Waals surface area contributed by atoms with E-state index in [4.69, 9.17) is 4.74 Å². The lowest BCUT2D eigenvalue weighted by Gasteiger charge is -2.42. The van der Waals surface area contributed by atoms with Crippen LogP contribution in [-0.2, 0) is 0 Å². The van der Waals surface area contributed by atoms with Gasteiger partial charge in [0.05, 0.1) is 13.2 Å². The Labute approximate surface area is 188 Å². The third kappa shape index (κ3) is 5.09. The van der Waals surface area contributed by atoms with Crippen molar-refractivity contribution in [2.45, 2.75) is 19.0 Å². The Hall–Kier alpha value is -2.83. The van der Waals surface area contributed by atoms with E-state index in [1.54, 1.807) is 30.6 Å². The molecule has 0 saturated carbocycles. The molecule has 1 aromatic heterocycles. The summed E-state index contributed by atoms with van der Waals surface area (Å²) < 4.78 is 5.20. The topological polar surface area (TPSA) is 44.8 Å². The molecule has 1 fully saturated rings. The van der Waals surface area contributed by atoms with Gasteiger partial charge in [-0.1, -0.05) is 24.3 Å². The Morgan fingerprint density at radius 2 is 1.68 bits per heavy atom. The molecule has 0 radical (unpaired) electrons. The van der Waals surface area contributed by atoms with Gasteiger partial charge in [0, 0.05) is 48.3 Å². The molecule has 2 aromatic carbocycles. The van der Waals surface area contributed by atoms with E-state index in [0.29, 0.717) is 5.56 Å². The number of para-hydroxylation sites is 1. The molecule has 4 rings (SSSR count). The summed E-state index contributed by atoms with van der Waals surface area (Å²) in [6, 6.07) is 22.2. The number of hydrogen-bond donors (Lipinski definition) is 1. The molecule has 1 aliphatic heterocycles. The van der Waals surface area contributed by atoms with E-state index in [2.05, 4.69) is 69.9 Å². The molecule has 1 saturated heterocycles. The van der Waals surface area contributed by atoms with Gasteiger partial charge >= 0.3 is 0 Å². The fourth-order valence-electron chi connectivity index (χ4n) is 4.21. The van der Waals surface area contributed by atoms with Gasteiger partial charge in [-0.2, -0.15) is 0 Å². The van der Waals surface area contributed by atoms with Crippen molar-refractivity contribution in [3.8, 4) is 5.75 Å². The fraction of sp³-hybridized carbons (Fsp3) is 0.320. The Bertz CT molecular complexity index is 952. The molecule has 162 valence electrons. The number of methoxy groups -OCH3 is 1. The Morgan fingerprint density at radius 1 is 0.968 bits per heavy atom. The van der Waals surface area contributed by atoms with E-state index >= 15 is 0 Å². The number of carbonyl (C=O) groups excluding carboxylic acids is 1. The molecule has 0 spiro atoms. The number of thiophene rings is 1. The monoisotopic (exact) mass is 435 g/mol. The lowest BCUT2D eigenvalue weighted by atomic mass is 10.0. The number of benzene rings is 2. The number of nitrogens with zero attached hydrogens (tertiary/aromatic N) is 2. The number of anilines is 1. The first-order valence-corrected chi connectivity index (χ1v) is 11.6. The quantitative estimate of drug-likeness (QED) is 0.596. The molecule has 0 bridgehead atoms. The van der Waals surface area contributed by atoms with Crippen molar-refractivity contribution >= 4 is 22.9 Å². The highest BCUT2D eigenvalue weighted by Gasteiger charge is 2.31. The van der Waals surface area contributed by atoms with Crippen molar-refractivity contribution < 1.29 is 9.53 Å². The van der Waals surface area contributed by atoms with Crippen LogP contribution in [0.25, 0.3) is 0 Å². The summed E-state index contributed by atoms with van der Waals surface area (Å²) >= 11 is 1.75. The third-order valence-electron chi connectivity index (χ3n) is 5.85. The summed E-state index contributed by atoms with van der Waals surface area (Å²) in [5.41, 5.74) is 1.92. The van der Waals surface area contributed by atoms with E-state index in [0.717, 1.165) is 31.9 Å². The fourth-order valence-corrected chi connectivity index (χ4v) is 5.17. The number of nitrogens with one attached hydrogen (secondary N) is 1. The molecule has 6 heteroatoms. The number of rotatable bonds is 7. The van der Waals surface area contributed by atoms with Crippen LogP contribution in [0.2, 0.25) is 0 Å². The van der Waals surface area contributed by atoms with E-state index in [1.807, 2.05) is 12.1 Å². The highest BCUT2D eigenvalue weighted by molar-refractivity contribution is 7.10. The largest absolute Gasteiger partial charge is 0.497 e. The lowest BCUT2D eigenvalue weighted by molar-refractivity contribution is 0.0890. The lowest BCUT2D eigenvalue weighted by Crippen LogP contribution is -2.52. The maximum absolute atomic E-state index is 12.9. The smallest absolute Gasteiger partial charge is 0.251 e. The minimum atomic E-state index is -0.0559. The molecule has 1 aliphatic rings. The summed E-state index contributed by atoms with van der Waals surface area (Å²) in [5.74, 6) is 0.692. The summed E-state index contributed by atoms with van der Waals surface area (Å²) in [6.45, 7) is 5.98. The zero-order valence-corrected chi connectivity index (χ0v) is 18.8. The summed E-state index contributed by atoms with van der Waals surface area (Å²) in [5, 5.41) is 5.35. The number of amides is 1. The van der Waals surface area contributed by atoms with Gasteiger partial charge in [-0.15, -0.1) is 11.3 Å². The van der Waals surface area contributed by atoms with Crippen molar-refractivity contribution in [3.05, 3.63) is 82.6 Å². The number of ether oxygens (including phenoxy) is 1. The minimum absolute atomic E-state index is 0.0171. The maximum Gasteiger partial charge on any atom is 0.251 e. The van der Waals surface area contributed by atoms with Crippen molar-refractivity contribution in [2.75, 3.05) is 38.2 Å². The Kier molecular flexibility index (Phi) is 6.89. The second kappa shape index (κ2) is 9.98. The van der Waals surface area contributed by atoms with Gasteiger partial charge < -0.3 is 15.0 Å². The Morgan fingerprint density at radius 3 is 2.29 bits per heavy atom. The van der Waals surface area contributed by atoms with E-state index in [1.165, 1.54) is 10.6 Å². The average molecular weight is 436 g/mol. The zero-order valence-electron chi connectivity index (χ0n) is 18.0. The zero-order chi connectivity index (χ0) is 21.6. The molecule has 3 aromatic rings. The van der Waals surface area contributed by atoms with Crippen LogP contribution >= 0.6 is 11.3 Å². The standard InChI is InChI=1S/C25H29N3O2S/c1-19(26-25(29)20-10-12-22(30-2)13-11-20)24(23-9-6-18-31-23)28-16-14-27(15-17-28)21-7-4-3-5-8-21/h3-13,18-19,24H,14-17H2,1-2H3,(H,26,29). The molecule has 2 heterocycles. The number of carbonyl (C=O) groups is 1. The molecule has 1 amide bonds. The molecule has 1 N–H and O–H groups in total. The predicted octanol–water partition coefficient (Wildman–Crippen LogP) is 4.44. The molecule has 31 heavy (non-hydrogen) atoms. The van der Waals surface area contributed by atoms with Crippen molar-refractivity contribution in [2.24, 2.45) is 0 Å². The van der Waals surface area contributed by atoms with Crippen LogP contribution in [0.15, 0.2) is 72.1 Å². The molecule has 2 unspecified atom stereocenters. The van der Waals surface area contributed by atoms with Crippen LogP contribution in [0.4, 0.5) is 5.69 Å². The number of hydrogen-bond acceptors (Lipinski definition) is 5. The molecule has 2 atom stereocenters. The van der Waals surface area contributed by atoms with Gasteiger partial charge in [-0.05, 0) is 54.8 Å². The first-order valence-electron chi connectivity index (χ1n) is 10.7. The van der Waals surface area contributed by atoms with Crippen molar-refractivity contribution in [1.82, 2.24) is 10.2 Å². The number of piperazine rings is 1. The van der Waals surface area contributed by atoms with Crippen LogP contribution in [0.3, 0.4) is 0 Å². The van der Waals surface area contributed by atoms with Crippen LogP contribution in [0.1, 0.15) is 28.2 Å². The second-order valence-corrected chi connectivity index (χ2v) is 8.79. The average Bonchev–Trinajstić information content (AvgIpc) is 3.34. The Balaban J connectivity index is 1.45. The normalized spacial score (nSPS) is 16.5. The van der Waals surface area contributed by atoms with E-state index in [9.17, 15) is 4.79 Å². The molecular formula is C25H29N3O2S. The van der Waals surface area contributed by atoms with Crippen LogP contribution in [-0.4, -0.2) is 50.1 Å². The summed E-state index contributed by atoms with van der Waals surface area (Å²) in [4.78, 5) is 19.1. The summed E-state index contributed by atoms with van der Waals surface area (Å²) in [7, 11) is 1.63. The highest BCUT2D eigenvalue weighted by atomic mass is 32.1. The van der Waals surface area contributed by atoms with Crippen LogP contribution in [0.5, 0.6) is 5.75 Å². The maximum atomic E-state index is 12.9. The molecule has 0 aliphatic carbocycles. The molecular weight excluding hydrogens is 406 g/mol.